The van der Waals surface area contributed by atoms with Crippen molar-refractivity contribution in [3.63, 3.8) is 0 Å². The number of carboxylic acid groups (broad SMARTS) is 1. The highest BCUT2D eigenvalue weighted by Crippen LogP contribution is 2.18. The second kappa shape index (κ2) is 7.04. The number of aromatic carboxylic acids is 1. The number of carbonyl (C=O) groups is 1. The van der Waals surface area contributed by atoms with E-state index in [1.54, 1.807) is 6.07 Å². The van der Waals surface area contributed by atoms with Crippen LogP contribution in [0.2, 0.25) is 0 Å². The van der Waals surface area contributed by atoms with Crippen LogP contribution in [0.1, 0.15) is 50.0 Å². The van der Waals surface area contributed by atoms with E-state index in [9.17, 15) is 18.3 Å². The maximum absolute atomic E-state index is 12.3. The summed E-state index contributed by atoms with van der Waals surface area (Å²) in [6.07, 6.45) is 1.40. The average Bonchev–Trinajstić information content (AvgIpc) is 2.44. The SMILES string of the molecule is CCc1ccc(S(=O)(=O)NC(C)C(C)CC)cc1C(=O)O. The number of hydrogen-bond donors (Lipinski definition) is 2. The first kappa shape index (κ1) is 17.7. The zero-order valence-corrected chi connectivity index (χ0v) is 13.7. The molecular formula is C15H23NO4S. The number of rotatable bonds is 7. The lowest BCUT2D eigenvalue weighted by atomic mass is 10.0. The number of nitrogens with one attached hydrogen (secondary N) is 1. The first-order valence-corrected chi connectivity index (χ1v) is 8.59. The van der Waals surface area contributed by atoms with Gasteiger partial charge in [0.05, 0.1) is 10.5 Å². The van der Waals surface area contributed by atoms with Crippen molar-refractivity contribution in [3.8, 4) is 0 Å². The normalized spacial score (nSPS) is 14.7. The molecule has 0 fully saturated rings. The first-order chi connectivity index (χ1) is 9.72. The molecule has 6 heteroatoms. The minimum atomic E-state index is -3.71. The Morgan fingerprint density at radius 1 is 1.29 bits per heavy atom. The van der Waals surface area contributed by atoms with Crippen molar-refractivity contribution in [2.45, 2.75) is 51.5 Å². The third-order valence-electron chi connectivity index (χ3n) is 3.84. The molecule has 1 aromatic rings. The zero-order chi connectivity index (χ0) is 16.2. The molecule has 2 N–H and O–H groups in total. The van der Waals surface area contributed by atoms with Crippen LogP contribution in [0.3, 0.4) is 0 Å². The van der Waals surface area contributed by atoms with E-state index in [4.69, 9.17) is 0 Å². The molecule has 0 amide bonds. The highest BCUT2D eigenvalue weighted by atomic mass is 32.2. The maximum Gasteiger partial charge on any atom is 0.336 e. The van der Waals surface area contributed by atoms with Gasteiger partial charge < -0.3 is 5.11 Å². The Hall–Kier alpha value is -1.40. The molecule has 118 valence electrons. The molecule has 0 radical (unpaired) electrons. The van der Waals surface area contributed by atoms with E-state index in [0.29, 0.717) is 12.0 Å². The van der Waals surface area contributed by atoms with E-state index in [2.05, 4.69) is 4.72 Å². The Morgan fingerprint density at radius 2 is 1.90 bits per heavy atom. The summed E-state index contributed by atoms with van der Waals surface area (Å²) in [5, 5.41) is 9.18. The Kier molecular flexibility index (Phi) is 5.92. The van der Waals surface area contributed by atoms with E-state index in [1.165, 1.54) is 12.1 Å². The minimum absolute atomic E-state index is 0.00717. The molecule has 2 unspecified atom stereocenters. The van der Waals surface area contributed by atoms with Gasteiger partial charge in [-0.05, 0) is 37.0 Å². The van der Waals surface area contributed by atoms with Gasteiger partial charge in [-0.1, -0.05) is 33.3 Å². The van der Waals surface area contributed by atoms with Gasteiger partial charge in [-0.25, -0.2) is 17.9 Å². The molecule has 0 aliphatic rings. The summed E-state index contributed by atoms with van der Waals surface area (Å²) in [4.78, 5) is 11.2. The van der Waals surface area contributed by atoms with Gasteiger partial charge in [-0.15, -0.1) is 0 Å². The van der Waals surface area contributed by atoms with Crippen LogP contribution in [0.15, 0.2) is 23.1 Å². The van der Waals surface area contributed by atoms with Crippen LogP contribution in [-0.4, -0.2) is 25.5 Å². The first-order valence-electron chi connectivity index (χ1n) is 7.11. The molecule has 0 heterocycles. The number of carboxylic acids is 1. The van der Waals surface area contributed by atoms with Crippen LogP contribution in [-0.2, 0) is 16.4 Å². The van der Waals surface area contributed by atoms with Crippen molar-refractivity contribution in [2.75, 3.05) is 0 Å². The van der Waals surface area contributed by atoms with Crippen molar-refractivity contribution < 1.29 is 18.3 Å². The molecule has 1 aromatic carbocycles. The Bertz CT molecular complexity index is 610. The Morgan fingerprint density at radius 3 is 2.38 bits per heavy atom. The summed E-state index contributed by atoms with van der Waals surface area (Å²) in [7, 11) is -3.71. The fourth-order valence-corrected chi connectivity index (χ4v) is 3.39. The standard InChI is InChI=1S/C15H23NO4S/c1-5-10(3)11(4)16-21(19,20)13-8-7-12(6-2)14(9-13)15(17)18/h7-11,16H,5-6H2,1-4H3,(H,17,18). The summed E-state index contributed by atoms with van der Waals surface area (Å²) >= 11 is 0. The molecular weight excluding hydrogens is 290 g/mol. The predicted molar refractivity (Wildman–Crippen MR) is 82.0 cm³/mol. The van der Waals surface area contributed by atoms with Gasteiger partial charge >= 0.3 is 5.97 Å². The van der Waals surface area contributed by atoms with E-state index < -0.39 is 16.0 Å². The van der Waals surface area contributed by atoms with Crippen LogP contribution in [0.5, 0.6) is 0 Å². The van der Waals surface area contributed by atoms with Crippen LogP contribution >= 0.6 is 0 Å². The van der Waals surface area contributed by atoms with Gasteiger partial charge in [-0.3, -0.25) is 0 Å². The average molecular weight is 313 g/mol. The highest BCUT2D eigenvalue weighted by molar-refractivity contribution is 7.89. The van der Waals surface area contributed by atoms with E-state index in [1.807, 2.05) is 27.7 Å². The molecule has 5 nitrogen and oxygen atoms in total. The molecule has 0 aliphatic carbocycles. The van der Waals surface area contributed by atoms with E-state index in [0.717, 1.165) is 6.42 Å². The highest BCUT2D eigenvalue weighted by Gasteiger charge is 2.22. The van der Waals surface area contributed by atoms with Crippen molar-refractivity contribution in [3.05, 3.63) is 29.3 Å². The van der Waals surface area contributed by atoms with Crippen LogP contribution in [0, 0.1) is 5.92 Å². The molecule has 1 rings (SSSR count). The summed E-state index contributed by atoms with van der Waals surface area (Å²) < 4.78 is 27.3. The summed E-state index contributed by atoms with van der Waals surface area (Å²) in [5.74, 6) is -0.910. The predicted octanol–water partition coefficient (Wildman–Crippen LogP) is 2.66. The maximum atomic E-state index is 12.3. The van der Waals surface area contributed by atoms with Gasteiger partial charge in [0.1, 0.15) is 0 Å². The topological polar surface area (TPSA) is 83.5 Å². The third kappa shape index (κ3) is 4.28. The smallest absolute Gasteiger partial charge is 0.336 e. The largest absolute Gasteiger partial charge is 0.478 e. The van der Waals surface area contributed by atoms with Crippen molar-refractivity contribution in [1.29, 1.82) is 0 Å². The fourth-order valence-electron chi connectivity index (χ4n) is 2.01. The van der Waals surface area contributed by atoms with Crippen molar-refractivity contribution in [2.24, 2.45) is 5.92 Å². The molecule has 21 heavy (non-hydrogen) atoms. The lowest BCUT2D eigenvalue weighted by molar-refractivity contribution is 0.0695. The molecule has 0 bridgehead atoms. The van der Waals surface area contributed by atoms with Crippen LogP contribution in [0.25, 0.3) is 0 Å². The van der Waals surface area contributed by atoms with Gasteiger partial charge in [-0.2, -0.15) is 0 Å². The van der Waals surface area contributed by atoms with Crippen molar-refractivity contribution >= 4 is 16.0 Å². The number of sulfonamides is 1. The third-order valence-corrected chi connectivity index (χ3v) is 5.40. The molecule has 0 saturated carbocycles. The summed E-state index contributed by atoms with van der Waals surface area (Å²) in [6.45, 7) is 7.60. The van der Waals surface area contributed by atoms with Crippen LogP contribution in [0.4, 0.5) is 0 Å². The lowest BCUT2D eigenvalue weighted by Gasteiger charge is -2.20. The second-order valence-electron chi connectivity index (χ2n) is 5.27. The van der Waals surface area contributed by atoms with Crippen molar-refractivity contribution in [1.82, 2.24) is 4.72 Å². The minimum Gasteiger partial charge on any atom is -0.478 e. The monoisotopic (exact) mass is 313 g/mol. The second-order valence-corrected chi connectivity index (χ2v) is 6.99. The van der Waals surface area contributed by atoms with Gasteiger partial charge in [0, 0.05) is 6.04 Å². The zero-order valence-electron chi connectivity index (χ0n) is 12.9. The summed E-state index contributed by atoms with van der Waals surface area (Å²) in [6, 6.07) is 4.04. The van der Waals surface area contributed by atoms with Crippen LogP contribution < -0.4 is 4.72 Å². The van der Waals surface area contributed by atoms with E-state index in [-0.39, 0.29) is 22.4 Å². The molecule has 0 spiro atoms. The van der Waals surface area contributed by atoms with Gasteiger partial charge in [0.2, 0.25) is 10.0 Å². The fraction of sp³-hybridized carbons (Fsp3) is 0.533. The lowest BCUT2D eigenvalue weighted by Crippen LogP contribution is -2.36. The van der Waals surface area contributed by atoms with Gasteiger partial charge in [0.25, 0.3) is 0 Å². The number of hydrogen-bond acceptors (Lipinski definition) is 3. The quantitative estimate of drug-likeness (QED) is 0.810. The molecule has 0 aliphatic heterocycles. The molecule has 0 aromatic heterocycles. The Labute approximate surface area is 126 Å². The number of benzene rings is 1. The van der Waals surface area contributed by atoms with Gasteiger partial charge in [0.15, 0.2) is 0 Å². The summed E-state index contributed by atoms with van der Waals surface area (Å²) in [5.41, 5.74) is 0.660. The molecule has 2 atom stereocenters. The number of aryl methyl sites for hydroxylation is 1. The Balaban J connectivity index is 3.15. The van der Waals surface area contributed by atoms with E-state index >= 15 is 0 Å². The molecule has 0 saturated heterocycles.